The number of carbonyl (C=O) groups is 1. The Morgan fingerprint density at radius 1 is 1.00 bits per heavy atom. The molecule has 146 valence electrons. The van der Waals surface area contributed by atoms with Crippen molar-refractivity contribution in [1.29, 1.82) is 0 Å². The first-order valence-electron chi connectivity index (χ1n) is 7.43. The van der Waals surface area contributed by atoms with E-state index in [-0.39, 0.29) is 5.96 Å². The van der Waals surface area contributed by atoms with Crippen LogP contribution in [-0.2, 0) is 10.1 Å². The summed E-state index contributed by atoms with van der Waals surface area (Å²) in [6, 6.07) is 12.5. The predicted octanol–water partition coefficient (Wildman–Crippen LogP) is 1.29. The van der Waals surface area contributed by atoms with Crippen molar-refractivity contribution in [1.82, 2.24) is 0 Å². The maximum atomic E-state index is 11.9. The zero-order valence-electron chi connectivity index (χ0n) is 15.0. The lowest BCUT2D eigenvalue weighted by molar-refractivity contribution is 0.100. The van der Waals surface area contributed by atoms with E-state index in [1.54, 1.807) is 38.5 Å². The molecule has 5 N–H and O–H groups in total. The number of hydrogen-bond donors (Lipinski definition) is 3. The Balaban J connectivity index is 0.000000646. The van der Waals surface area contributed by atoms with Crippen molar-refractivity contribution in [3.05, 3.63) is 48.0 Å². The molecule has 0 aromatic heterocycles. The Morgan fingerprint density at radius 3 is 1.96 bits per heavy atom. The molecule has 0 saturated carbocycles. The van der Waals surface area contributed by atoms with Crippen molar-refractivity contribution in [2.24, 2.45) is 16.5 Å². The van der Waals surface area contributed by atoms with Crippen LogP contribution in [0.4, 0.5) is 0 Å². The van der Waals surface area contributed by atoms with E-state index in [1.807, 2.05) is 18.2 Å². The number of carbonyl (C=O) groups excluding carboxylic acids is 1. The lowest BCUT2D eigenvalue weighted by Gasteiger charge is -2.09. The van der Waals surface area contributed by atoms with E-state index in [0.29, 0.717) is 23.3 Å². The van der Waals surface area contributed by atoms with Crippen LogP contribution >= 0.6 is 0 Å². The highest BCUT2D eigenvalue weighted by molar-refractivity contribution is 7.85. The molecule has 2 rings (SSSR count). The van der Waals surface area contributed by atoms with Gasteiger partial charge in [-0.2, -0.15) is 13.4 Å². The first-order valence-corrected chi connectivity index (χ1v) is 9.28. The maximum absolute atomic E-state index is 11.9. The number of ether oxygens (including phenoxy) is 2. The average molecular weight is 395 g/mol. The second-order valence-corrected chi connectivity index (χ2v) is 6.72. The molecule has 9 nitrogen and oxygen atoms in total. The Bertz CT molecular complexity index is 907. The Labute approximate surface area is 157 Å². The van der Waals surface area contributed by atoms with Crippen LogP contribution in [0, 0.1) is 0 Å². The fourth-order valence-electron chi connectivity index (χ4n) is 1.99. The minimum Gasteiger partial charge on any atom is -0.497 e. The Hall–Kier alpha value is -3.11. The van der Waals surface area contributed by atoms with Gasteiger partial charge in [0.15, 0.2) is 5.96 Å². The van der Waals surface area contributed by atoms with Gasteiger partial charge in [0.25, 0.3) is 16.0 Å². The summed E-state index contributed by atoms with van der Waals surface area (Å²) >= 11 is 0. The number of benzene rings is 2. The third-order valence-corrected chi connectivity index (χ3v) is 3.02. The maximum Gasteiger partial charge on any atom is 0.280 e. The lowest BCUT2D eigenvalue weighted by Crippen LogP contribution is -2.24. The number of guanidine groups is 1. The summed E-state index contributed by atoms with van der Waals surface area (Å²) in [5.74, 6) is 0.570. The Kier molecular flexibility index (Phi) is 7.76. The number of aliphatic imine (C=N–C) groups is 1. The van der Waals surface area contributed by atoms with Crippen molar-refractivity contribution in [3.63, 3.8) is 0 Å². The summed E-state index contributed by atoms with van der Waals surface area (Å²) in [4.78, 5) is 15.4. The molecule has 2 aromatic carbocycles. The van der Waals surface area contributed by atoms with Crippen LogP contribution in [0.15, 0.2) is 47.5 Å². The fourth-order valence-corrected chi connectivity index (χ4v) is 1.99. The third-order valence-electron chi connectivity index (χ3n) is 3.02. The van der Waals surface area contributed by atoms with Gasteiger partial charge in [0, 0.05) is 11.6 Å². The number of nitrogens with two attached hydrogens (primary N) is 2. The van der Waals surface area contributed by atoms with Gasteiger partial charge in [0.1, 0.15) is 11.5 Å². The summed E-state index contributed by atoms with van der Waals surface area (Å²) in [6.07, 6.45) is 0.715. The summed E-state index contributed by atoms with van der Waals surface area (Å²) in [6.45, 7) is 0. The summed E-state index contributed by atoms with van der Waals surface area (Å²) in [5.41, 5.74) is 12.5. The number of hydrogen-bond acceptors (Lipinski definition) is 5. The van der Waals surface area contributed by atoms with Gasteiger partial charge in [-0.15, -0.1) is 0 Å². The largest absolute Gasteiger partial charge is 0.497 e. The predicted molar refractivity (Wildman–Crippen MR) is 103 cm³/mol. The van der Waals surface area contributed by atoms with Gasteiger partial charge in [-0.1, -0.05) is 12.1 Å². The van der Waals surface area contributed by atoms with Crippen LogP contribution in [0.2, 0.25) is 0 Å². The monoisotopic (exact) mass is 395 g/mol. The SMILES string of the molecule is COc1cc(OC)cc(-c2cccc(C(=O)N=C(N)N)c2)c1.CS(=O)(=O)O. The highest BCUT2D eigenvalue weighted by Gasteiger charge is 2.09. The van der Waals surface area contributed by atoms with Crippen LogP contribution < -0.4 is 20.9 Å². The molecule has 27 heavy (non-hydrogen) atoms. The van der Waals surface area contributed by atoms with E-state index in [9.17, 15) is 13.2 Å². The number of nitrogens with zero attached hydrogens (tertiary/aromatic N) is 1. The second-order valence-electron chi connectivity index (χ2n) is 5.26. The highest BCUT2D eigenvalue weighted by atomic mass is 32.2. The van der Waals surface area contributed by atoms with Gasteiger partial charge in [-0.3, -0.25) is 9.35 Å². The fraction of sp³-hybridized carbons (Fsp3) is 0.176. The molecule has 1 amide bonds. The van der Waals surface area contributed by atoms with Gasteiger partial charge in [0.05, 0.1) is 20.5 Å². The van der Waals surface area contributed by atoms with Crippen LogP contribution in [-0.4, -0.2) is 45.3 Å². The molecule has 0 radical (unpaired) electrons. The van der Waals surface area contributed by atoms with Crippen molar-refractivity contribution in [2.75, 3.05) is 20.5 Å². The van der Waals surface area contributed by atoms with Crippen LogP contribution in [0.1, 0.15) is 10.4 Å². The van der Waals surface area contributed by atoms with E-state index in [1.165, 1.54) is 0 Å². The molecule has 10 heteroatoms. The van der Waals surface area contributed by atoms with E-state index in [0.717, 1.165) is 11.1 Å². The summed E-state index contributed by atoms with van der Waals surface area (Å²) in [7, 11) is -0.505. The highest BCUT2D eigenvalue weighted by Crippen LogP contribution is 2.30. The van der Waals surface area contributed by atoms with E-state index in [2.05, 4.69) is 4.99 Å². The molecular formula is C17H21N3O6S. The molecule has 0 bridgehead atoms. The molecular weight excluding hydrogens is 374 g/mol. The summed E-state index contributed by atoms with van der Waals surface area (Å²) in [5, 5.41) is 0. The van der Waals surface area contributed by atoms with Crippen molar-refractivity contribution in [2.45, 2.75) is 0 Å². The second kappa shape index (κ2) is 9.55. The third kappa shape index (κ3) is 8.21. The minimum absolute atomic E-state index is 0.265. The van der Waals surface area contributed by atoms with Gasteiger partial charge in [-0.25, -0.2) is 0 Å². The van der Waals surface area contributed by atoms with E-state index in [4.69, 9.17) is 25.5 Å². The molecule has 0 aliphatic heterocycles. The molecule has 0 spiro atoms. The molecule has 0 unspecified atom stereocenters. The topological polar surface area (TPSA) is 154 Å². The zero-order chi connectivity index (χ0) is 20.6. The van der Waals surface area contributed by atoms with Gasteiger partial charge < -0.3 is 20.9 Å². The standard InChI is InChI=1S/C16H17N3O3.CH4O3S/c1-21-13-7-12(8-14(9-13)22-2)10-4-3-5-11(6-10)15(20)19-16(17)18;1-5(2,3)4/h3-9H,1-2H3,(H4,17,18,19,20);1H3,(H,2,3,4). The summed E-state index contributed by atoms with van der Waals surface area (Å²) < 4.78 is 36.4. The smallest absolute Gasteiger partial charge is 0.280 e. The van der Waals surface area contributed by atoms with Crippen LogP contribution in [0.5, 0.6) is 11.5 Å². The van der Waals surface area contributed by atoms with Gasteiger partial charge in [-0.05, 0) is 35.4 Å². The molecule has 2 aromatic rings. The van der Waals surface area contributed by atoms with Crippen molar-refractivity contribution in [3.8, 4) is 22.6 Å². The van der Waals surface area contributed by atoms with Crippen molar-refractivity contribution < 1.29 is 27.2 Å². The first-order chi connectivity index (χ1) is 12.5. The van der Waals surface area contributed by atoms with Gasteiger partial charge in [0.2, 0.25) is 0 Å². The molecule has 0 aliphatic carbocycles. The number of rotatable bonds is 4. The van der Waals surface area contributed by atoms with Crippen molar-refractivity contribution >= 4 is 22.0 Å². The first kappa shape index (κ1) is 21.9. The number of methoxy groups -OCH3 is 2. The molecule has 0 fully saturated rings. The Morgan fingerprint density at radius 2 is 1.52 bits per heavy atom. The van der Waals surface area contributed by atoms with E-state index >= 15 is 0 Å². The molecule has 0 aliphatic rings. The van der Waals surface area contributed by atoms with Crippen LogP contribution in [0.25, 0.3) is 11.1 Å². The quantitative estimate of drug-likeness (QED) is 0.397. The van der Waals surface area contributed by atoms with Gasteiger partial charge >= 0.3 is 0 Å². The van der Waals surface area contributed by atoms with E-state index < -0.39 is 16.0 Å². The zero-order valence-corrected chi connectivity index (χ0v) is 15.9. The minimum atomic E-state index is -3.67. The average Bonchev–Trinajstić information content (AvgIpc) is 2.59. The number of amides is 1. The van der Waals surface area contributed by atoms with Crippen LogP contribution in [0.3, 0.4) is 0 Å². The lowest BCUT2D eigenvalue weighted by atomic mass is 10.0. The molecule has 0 heterocycles. The normalized spacial score (nSPS) is 10.2. The molecule has 0 saturated heterocycles. The molecule has 0 atom stereocenters.